The van der Waals surface area contributed by atoms with Crippen molar-refractivity contribution in [2.24, 2.45) is 0 Å². The summed E-state index contributed by atoms with van der Waals surface area (Å²) in [6.45, 7) is 5.29. The fraction of sp³-hybridized carbons (Fsp3) is 0.538. The SMILES string of the molecule is COC(=O)c1c(C)[nH]c(C(=O)[C@@H](C)SCCO)c1C. The van der Waals surface area contributed by atoms with E-state index in [1.54, 1.807) is 20.8 Å². The average molecular weight is 285 g/mol. The number of hydrogen-bond acceptors (Lipinski definition) is 5. The second-order valence-corrected chi connectivity index (χ2v) is 5.67. The van der Waals surface area contributed by atoms with Crippen LogP contribution in [-0.4, -0.2) is 46.6 Å². The Bertz CT molecular complexity index is 481. The molecule has 19 heavy (non-hydrogen) atoms. The van der Waals surface area contributed by atoms with E-state index >= 15 is 0 Å². The highest BCUT2D eigenvalue weighted by Gasteiger charge is 2.25. The highest BCUT2D eigenvalue weighted by Crippen LogP contribution is 2.23. The van der Waals surface area contributed by atoms with Gasteiger partial charge in [0, 0.05) is 11.4 Å². The predicted octanol–water partition coefficient (Wildman–Crippen LogP) is 1.71. The summed E-state index contributed by atoms with van der Waals surface area (Å²) in [6, 6.07) is 0. The first-order chi connectivity index (χ1) is 8.93. The molecule has 0 aliphatic heterocycles. The number of carbonyl (C=O) groups is 2. The lowest BCUT2D eigenvalue weighted by Gasteiger charge is -2.09. The standard InChI is InChI=1S/C13H19NO4S/c1-7-10(13(17)18-4)8(2)14-11(7)12(16)9(3)19-6-5-15/h9,14-15H,5-6H2,1-4H3/t9-/m1/s1. The number of carbonyl (C=O) groups excluding carboxylic acids is 2. The number of aromatic nitrogens is 1. The van der Waals surface area contributed by atoms with Crippen LogP contribution in [0.4, 0.5) is 0 Å². The van der Waals surface area contributed by atoms with E-state index in [-0.39, 0.29) is 17.6 Å². The van der Waals surface area contributed by atoms with Gasteiger partial charge in [-0.2, -0.15) is 0 Å². The van der Waals surface area contributed by atoms with Crippen LogP contribution in [0, 0.1) is 13.8 Å². The molecule has 0 aliphatic carbocycles. The summed E-state index contributed by atoms with van der Waals surface area (Å²) in [4.78, 5) is 26.9. The fourth-order valence-electron chi connectivity index (χ4n) is 1.91. The Morgan fingerprint density at radius 1 is 1.42 bits per heavy atom. The molecule has 0 saturated carbocycles. The molecule has 2 N–H and O–H groups in total. The van der Waals surface area contributed by atoms with Gasteiger partial charge in [0.2, 0.25) is 0 Å². The average Bonchev–Trinajstić information content (AvgIpc) is 2.69. The number of aryl methyl sites for hydroxylation is 1. The Hall–Kier alpha value is -1.27. The number of rotatable bonds is 6. The van der Waals surface area contributed by atoms with Crippen molar-refractivity contribution < 1.29 is 19.4 Å². The third-order valence-corrected chi connectivity index (χ3v) is 4.03. The van der Waals surface area contributed by atoms with Crippen LogP contribution in [0.5, 0.6) is 0 Å². The molecule has 0 bridgehead atoms. The molecular weight excluding hydrogens is 266 g/mol. The molecule has 0 fully saturated rings. The van der Waals surface area contributed by atoms with E-state index in [1.165, 1.54) is 18.9 Å². The van der Waals surface area contributed by atoms with Gasteiger partial charge in [0.15, 0.2) is 5.78 Å². The maximum absolute atomic E-state index is 12.3. The predicted molar refractivity (Wildman–Crippen MR) is 74.9 cm³/mol. The zero-order chi connectivity index (χ0) is 14.6. The van der Waals surface area contributed by atoms with E-state index < -0.39 is 5.97 Å². The molecule has 0 aliphatic rings. The van der Waals surface area contributed by atoms with Crippen molar-refractivity contribution in [2.75, 3.05) is 19.5 Å². The van der Waals surface area contributed by atoms with E-state index in [0.717, 1.165) is 0 Å². The summed E-state index contributed by atoms with van der Waals surface area (Å²) in [7, 11) is 1.31. The van der Waals surface area contributed by atoms with Crippen molar-refractivity contribution in [3.05, 3.63) is 22.5 Å². The first-order valence-electron chi connectivity index (χ1n) is 5.98. The van der Waals surface area contributed by atoms with Gasteiger partial charge in [-0.05, 0) is 26.3 Å². The van der Waals surface area contributed by atoms with Crippen LogP contribution in [0.3, 0.4) is 0 Å². The van der Waals surface area contributed by atoms with E-state index in [4.69, 9.17) is 9.84 Å². The van der Waals surface area contributed by atoms with Crippen molar-refractivity contribution in [3.63, 3.8) is 0 Å². The third-order valence-electron chi connectivity index (χ3n) is 2.90. The maximum Gasteiger partial charge on any atom is 0.339 e. The number of Topliss-reactive ketones (excluding diaryl/α,β-unsaturated/α-hetero) is 1. The summed E-state index contributed by atoms with van der Waals surface area (Å²) in [5.74, 6) is -0.00894. The molecule has 5 nitrogen and oxygen atoms in total. The molecule has 0 saturated heterocycles. The minimum atomic E-state index is -0.444. The van der Waals surface area contributed by atoms with Gasteiger partial charge in [0.25, 0.3) is 0 Å². The monoisotopic (exact) mass is 285 g/mol. The number of aliphatic hydroxyl groups excluding tert-OH is 1. The van der Waals surface area contributed by atoms with Crippen LogP contribution in [0.1, 0.15) is 39.0 Å². The van der Waals surface area contributed by atoms with Crippen LogP contribution in [0.2, 0.25) is 0 Å². The van der Waals surface area contributed by atoms with Gasteiger partial charge in [-0.15, -0.1) is 11.8 Å². The van der Waals surface area contributed by atoms with Gasteiger partial charge < -0.3 is 14.8 Å². The zero-order valence-corrected chi connectivity index (χ0v) is 12.4. The Kier molecular flexibility index (Phi) is 5.62. The van der Waals surface area contributed by atoms with E-state index in [1.807, 2.05) is 0 Å². The lowest BCUT2D eigenvalue weighted by atomic mass is 10.1. The Labute approximate surface area is 116 Å². The Morgan fingerprint density at radius 2 is 2.05 bits per heavy atom. The zero-order valence-electron chi connectivity index (χ0n) is 11.6. The lowest BCUT2D eigenvalue weighted by molar-refractivity contribution is 0.0599. The molecule has 1 aromatic rings. The Balaban J connectivity index is 3.02. The van der Waals surface area contributed by atoms with Crippen molar-refractivity contribution in [1.82, 2.24) is 4.98 Å². The van der Waals surface area contributed by atoms with Crippen LogP contribution in [-0.2, 0) is 4.74 Å². The molecule has 0 spiro atoms. The quantitative estimate of drug-likeness (QED) is 0.614. The fourth-order valence-corrected chi connectivity index (χ4v) is 2.64. The first kappa shape index (κ1) is 15.8. The summed E-state index contributed by atoms with van der Waals surface area (Å²) in [5, 5.41) is 8.50. The first-order valence-corrected chi connectivity index (χ1v) is 7.03. The van der Waals surface area contributed by atoms with Crippen molar-refractivity contribution in [3.8, 4) is 0 Å². The van der Waals surface area contributed by atoms with Crippen LogP contribution in [0.15, 0.2) is 0 Å². The van der Waals surface area contributed by atoms with Crippen molar-refractivity contribution >= 4 is 23.5 Å². The van der Waals surface area contributed by atoms with Crippen LogP contribution >= 0.6 is 11.8 Å². The van der Waals surface area contributed by atoms with Crippen LogP contribution in [0.25, 0.3) is 0 Å². The molecule has 106 valence electrons. The van der Waals surface area contributed by atoms with E-state index in [0.29, 0.717) is 28.3 Å². The van der Waals surface area contributed by atoms with Gasteiger partial charge in [-0.25, -0.2) is 4.79 Å². The molecule has 6 heteroatoms. The molecule has 0 radical (unpaired) electrons. The number of H-pyrrole nitrogens is 1. The second-order valence-electron chi connectivity index (χ2n) is 4.22. The van der Waals surface area contributed by atoms with E-state index in [2.05, 4.69) is 4.98 Å². The maximum atomic E-state index is 12.3. The number of ketones is 1. The van der Waals surface area contributed by atoms with Crippen molar-refractivity contribution in [2.45, 2.75) is 26.0 Å². The summed E-state index contributed by atoms with van der Waals surface area (Å²) < 4.78 is 4.71. The topological polar surface area (TPSA) is 79.4 Å². The molecule has 1 heterocycles. The second kappa shape index (κ2) is 6.77. The molecule has 1 atom stereocenters. The number of thioether (sulfide) groups is 1. The van der Waals surface area contributed by atoms with Gasteiger partial charge in [-0.3, -0.25) is 4.79 Å². The van der Waals surface area contributed by atoms with Gasteiger partial charge in [0.05, 0.1) is 30.2 Å². The molecule has 0 unspecified atom stereocenters. The number of nitrogens with one attached hydrogen (secondary N) is 1. The number of aliphatic hydroxyl groups is 1. The third kappa shape index (κ3) is 3.39. The molecule has 1 rings (SSSR count). The number of esters is 1. The van der Waals surface area contributed by atoms with Gasteiger partial charge in [0.1, 0.15) is 0 Å². The largest absolute Gasteiger partial charge is 0.465 e. The number of ether oxygens (including phenoxy) is 1. The number of hydrogen-bond donors (Lipinski definition) is 2. The van der Waals surface area contributed by atoms with Crippen LogP contribution < -0.4 is 0 Å². The number of methoxy groups -OCH3 is 1. The van der Waals surface area contributed by atoms with Gasteiger partial charge >= 0.3 is 5.97 Å². The highest BCUT2D eigenvalue weighted by atomic mass is 32.2. The lowest BCUT2D eigenvalue weighted by Crippen LogP contribution is -2.16. The normalized spacial score (nSPS) is 12.3. The number of aromatic amines is 1. The summed E-state index contributed by atoms with van der Waals surface area (Å²) in [6.07, 6.45) is 0. The Morgan fingerprint density at radius 3 is 2.58 bits per heavy atom. The minimum absolute atomic E-state index is 0.0401. The highest BCUT2D eigenvalue weighted by molar-refractivity contribution is 8.00. The molecule has 1 aromatic heterocycles. The summed E-state index contributed by atoms with van der Waals surface area (Å²) in [5.41, 5.74) is 2.11. The minimum Gasteiger partial charge on any atom is -0.465 e. The molecular formula is C13H19NO4S. The molecule has 0 aromatic carbocycles. The summed E-state index contributed by atoms with van der Waals surface area (Å²) >= 11 is 1.38. The molecule has 0 amide bonds. The van der Waals surface area contributed by atoms with Gasteiger partial charge in [-0.1, -0.05) is 0 Å². The smallest absolute Gasteiger partial charge is 0.339 e. The van der Waals surface area contributed by atoms with E-state index in [9.17, 15) is 9.59 Å². The van der Waals surface area contributed by atoms with Crippen molar-refractivity contribution in [1.29, 1.82) is 0 Å².